The Morgan fingerprint density at radius 2 is 1.70 bits per heavy atom. The van der Waals surface area contributed by atoms with Crippen LogP contribution in [0.15, 0.2) is 47.4 Å². The highest BCUT2D eigenvalue weighted by molar-refractivity contribution is 7.89. The Balaban J connectivity index is 2.35. The first-order valence-electron chi connectivity index (χ1n) is 8.82. The van der Waals surface area contributed by atoms with E-state index in [-0.39, 0.29) is 10.8 Å². The molecule has 0 bridgehead atoms. The van der Waals surface area contributed by atoms with Gasteiger partial charge in [0, 0.05) is 37.3 Å². The molecule has 0 aromatic heterocycles. The van der Waals surface area contributed by atoms with Crippen LogP contribution in [0.2, 0.25) is 5.02 Å². The summed E-state index contributed by atoms with van der Waals surface area (Å²) >= 11 is 6.18. The Hall–Kier alpha value is -1.89. The van der Waals surface area contributed by atoms with Crippen LogP contribution in [0, 0.1) is 6.92 Å². The van der Waals surface area contributed by atoms with E-state index in [1.54, 1.807) is 46.0 Å². The molecule has 7 heteroatoms. The Morgan fingerprint density at radius 3 is 2.30 bits per heavy atom. The molecule has 146 valence electrons. The van der Waals surface area contributed by atoms with Crippen LogP contribution in [-0.2, 0) is 16.6 Å². The van der Waals surface area contributed by atoms with Gasteiger partial charge in [-0.25, -0.2) is 8.42 Å². The first kappa shape index (κ1) is 21.4. The normalized spacial score (nSPS) is 11.6. The van der Waals surface area contributed by atoms with E-state index in [1.165, 1.54) is 15.3 Å². The number of sulfonamides is 1. The van der Waals surface area contributed by atoms with Gasteiger partial charge in [-0.2, -0.15) is 4.31 Å². The molecule has 27 heavy (non-hydrogen) atoms. The summed E-state index contributed by atoms with van der Waals surface area (Å²) in [6, 6.07) is 12.0. The lowest BCUT2D eigenvalue weighted by atomic mass is 10.1. The van der Waals surface area contributed by atoms with E-state index < -0.39 is 10.0 Å². The molecular formula is C20H25ClN2O3S. The van der Waals surface area contributed by atoms with Gasteiger partial charge in [0.05, 0.1) is 4.90 Å². The van der Waals surface area contributed by atoms with Crippen LogP contribution in [0.5, 0.6) is 0 Å². The molecule has 1 amide bonds. The molecule has 0 aliphatic rings. The summed E-state index contributed by atoms with van der Waals surface area (Å²) in [5.74, 6) is -0.246. The molecule has 0 radical (unpaired) electrons. The van der Waals surface area contributed by atoms with E-state index in [0.29, 0.717) is 30.2 Å². The molecular weight excluding hydrogens is 384 g/mol. The molecule has 0 spiro atoms. The maximum absolute atomic E-state index is 12.9. The minimum Gasteiger partial charge on any atom is -0.337 e. The van der Waals surface area contributed by atoms with Gasteiger partial charge in [-0.3, -0.25) is 4.79 Å². The zero-order chi connectivity index (χ0) is 20.2. The number of carbonyl (C=O) groups excluding carboxylic acids is 1. The summed E-state index contributed by atoms with van der Waals surface area (Å²) < 4.78 is 26.9. The molecule has 5 nitrogen and oxygen atoms in total. The van der Waals surface area contributed by atoms with E-state index in [1.807, 2.05) is 18.2 Å². The van der Waals surface area contributed by atoms with Gasteiger partial charge in [-0.15, -0.1) is 0 Å². The van der Waals surface area contributed by atoms with Crippen LogP contribution in [-0.4, -0.2) is 43.7 Å². The van der Waals surface area contributed by atoms with Crippen LogP contribution in [0.3, 0.4) is 0 Å². The van der Waals surface area contributed by atoms with Crippen LogP contribution >= 0.6 is 11.6 Å². The molecule has 0 fully saturated rings. The Morgan fingerprint density at radius 1 is 1.07 bits per heavy atom. The van der Waals surface area contributed by atoms with Crippen molar-refractivity contribution in [2.45, 2.75) is 32.2 Å². The third-order valence-corrected chi connectivity index (χ3v) is 6.91. The second-order valence-electron chi connectivity index (χ2n) is 6.32. The fourth-order valence-corrected chi connectivity index (χ4v) is 4.54. The van der Waals surface area contributed by atoms with Crippen molar-refractivity contribution in [1.82, 2.24) is 9.21 Å². The minimum absolute atomic E-state index is 0.131. The summed E-state index contributed by atoms with van der Waals surface area (Å²) in [6.45, 7) is 6.47. The van der Waals surface area contributed by atoms with Crippen molar-refractivity contribution in [2.24, 2.45) is 0 Å². The van der Waals surface area contributed by atoms with Gasteiger partial charge in [-0.05, 0) is 36.2 Å². The number of amides is 1. The van der Waals surface area contributed by atoms with Crippen molar-refractivity contribution in [2.75, 3.05) is 20.1 Å². The number of benzene rings is 2. The Labute approximate surface area is 166 Å². The molecule has 0 atom stereocenters. The van der Waals surface area contributed by atoms with Crippen molar-refractivity contribution in [1.29, 1.82) is 0 Å². The maximum Gasteiger partial charge on any atom is 0.254 e. The largest absolute Gasteiger partial charge is 0.337 e. The summed E-state index contributed by atoms with van der Waals surface area (Å²) in [7, 11) is -1.95. The van der Waals surface area contributed by atoms with E-state index in [0.717, 1.165) is 11.1 Å². The summed E-state index contributed by atoms with van der Waals surface area (Å²) in [6.07, 6.45) is 0. The highest BCUT2D eigenvalue weighted by Crippen LogP contribution is 2.22. The molecule has 0 heterocycles. The lowest BCUT2D eigenvalue weighted by Gasteiger charge is -2.21. The molecule has 0 aliphatic carbocycles. The quantitative estimate of drug-likeness (QED) is 0.696. The fraction of sp³-hybridized carbons (Fsp3) is 0.350. The van der Waals surface area contributed by atoms with Crippen molar-refractivity contribution < 1.29 is 13.2 Å². The summed E-state index contributed by atoms with van der Waals surface area (Å²) in [5, 5.41) is 0.590. The lowest BCUT2D eigenvalue weighted by Crippen LogP contribution is -2.31. The van der Waals surface area contributed by atoms with Gasteiger partial charge in [0.15, 0.2) is 0 Å². The number of nitrogens with zero attached hydrogens (tertiary/aromatic N) is 2. The van der Waals surface area contributed by atoms with Gasteiger partial charge < -0.3 is 4.90 Å². The number of carbonyl (C=O) groups is 1. The molecule has 0 saturated heterocycles. The Bertz CT molecular complexity index is 925. The van der Waals surface area contributed by atoms with Crippen molar-refractivity contribution in [3.8, 4) is 0 Å². The average molecular weight is 409 g/mol. The van der Waals surface area contributed by atoms with Gasteiger partial charge in [0.2, 0.25) is 10.0 Å². The number of aryl methyl sites for hydroxylation is 1. The van der Waals surface area contributed by atoms with Crippen LogP contribution in [0.1, 0.15) is 35.3 Å². The van der Waals surface area contributed by atoms with E-state index in [2.05, 4.69) is 0 Å². The number of halogens is 1. The summed E-state index contributed by atoms with van der Waals surface area (Å²) in [4.78, 5) is 14.6. The Kier molecular flexibility index (Phi) is 7.03. The van der Waals surface area contributed by atoms with Crippen molar-refractivity contribution in [3.05, 3.63) is 64.2 Å². The molecule has 0 N–H and O–H groups in total. The van der Waals surface area contributed by atoms with Gasteiger partial charge >= 0.3 is 0 Å². The lowest BCUT2D eigenvalue weighted by molar-refractivity contribution is 0.0784. The van der Waals surface area contributed by atoms with Crippen LogP contribution < -0.4 is 0 Å². The number of hydrogen-bond acceptors (Lipinski definition) is 3. The van der Waals surface area contributed by atoms with E-state index in [9.17, 15) is 13.2 Å². The highest BCUT2D eigenvalue weighted by atomic mass is 35.5. The van der Waals surface area contributed by atoms with Gasteiger partial charge in [0.1, 0.15) is 0 Å². The zero-order valence-corrected chi connectivity index (χ0v) is 17.6. The van der Waals surface area contributed by atoms with Crippen LogP contribution in [0.25, 0.3) is 0 Å². The first-order valence-corrected chi connectivity index (χ1v) is 10.6. The molecule has 0 unspecified atom stereocenters. The van der Waals surface area contributed by atoms with Gasteiger partial charge in [-0.1, -0.05) is 49.7 Å². The molecule has 0 aliphatic heterocycles. The first-order chi connectivity index (χ1) is 12.7. The second kappa shape index (κ2) is 8.87. The van der Waals surface area contributed by atoms with Gasteiger partial charge in [0.25, 0.3) is 5.91 Å². The van der Waals surface area contributed by atoms with Crippen molar-refractivity contribution >= 4 is 27.5 Å². The SMILES string of the molecule is CCN(CC)S(=O)(=O)c1ccc(C)c(C(=O)N(C)Cc2ccccc2Cl)c1. The van der Waals surface area contributed by atoms with E-state index in [4.69, 9.17) is 11.6 Å². The zero-order valence-electron chi connectivity index (χ0n) is 16.1. The second-order valence-corrected chi connectivity index (χ2v) is 8.66. The standard InChI is InChI=1S/C20H25ClN2O3S/c1-5-23(6-2)27(25,26)17-12-11-15(3)18(13-17)20(24)22(4)14-16-9-7-8-10-19(16)21/h7-13H,5-6,14H2,1-4H3. The number of hydrogen-bond donors (Lipinski definition) is 0. The van der Waals surface area contributed by atoms with E-state index >= 15 is 0 Å². The summed E-state index contributed by atoms with van der Waals surface area (Å²) in [5.41, 5.74) is 1.93. The monoisotopic (exact) mass is 408 g/mol. The third-order valence-electron chi connectivity index (χ3n) is 4.49. The number of rotatable bonds is 7. The third kappa shape index (κ3) is 4.69. The molecule has 0 saturated carbocycles. The highest BCUT2D eigenvalue weighted by Gasteiger charge is 2.24. The predicted molar refractivity (Wildman–Crippen MR) is 109 cm³/mol. The smallest absolute Gasteiger partial charge is 0.254 e. The van der Waals surface area contributed by atoms with Crippen molar-refractivity contribution in [3.63, 3.8) is 0 Å². The van der Waals surface area contributed by atoms with Crippen LogP contribution in [0.4, 0.5) is 0 Å². The molecule has 2 rings (SSSR count). The average Bonchev–Trinajstić information content (AvgIpc) is 2.64. The fourth-order valence-electron chi connectivity index (χ4n) is 2.86. The maximum atomic E-state index is 12.9. The predicted octanol–water partition coefficient (Wildman–Crippen LogP) is 3.95. The molecule has 2 aromatic rings. The molecule has 2 aromatic carbocycles. The topological polar surface area (TPSA) is 57.7 Å². The minimum atomic E-state index is -3.62.